The van der Waals surface area contributed by atoms with Gasteiger partial charge in [0, 0.05) is 17.8 Å². The normalized spacial score (nSPS) is 17.5. The number of halogens is 3. The van der Waals surface area contributed by atoms with E-state index >= 15 is 0 Å². The molecule has 3 N–H and O–H groups in total. The molecular formula is C20H24F3N7. The smallest absolute Gasteiger partial charge is 0.350 e. The number of imidazole rings is 1. The Balaban J connectivity index is 1.76. The fourth-order valence-corrected chi connectivity index (χ4v) is 3.48. The maximum atomic E-state index is 13.1. The number of hydrogen-bond acceptors (Lipinski definition) is 6. The molecule has 1 fully saturated rings. The van der Waals surface area contributed by atoms with Crippen molar-refractivity contribution in [3.63, 3.8) is 0 Å². The first-order chi connectivity index (χ1) is 14.1. The van der Waals surface area contributed by atoms with Crippen LogP contribution in [-0.2, 0) is 6.18 Å². The number of fused-ring (bicyclic) bond motifs is 1. The van der Waals surface area contributed by atoms with Gasteiger partial charge in [-0.25, -0.2) is 9.97 Å². The molecule has 1 aromatic carbocycles. The zero-order chi connectivity index (χ0) is 21.5. The van der Waals surface area contributed by atoms with Gasteiger partial charge in [-0.2, -0.15) is 18.2 Å². The number of nitrogens with zero attached hydrogens (tertiary/aromatic N) is 4. The lowest BCUT2D eigenvalue weighted by atomic mass is 10.1. The molecule has 1 unspecified atom stereocenters. The lowest BCUT2D eigenvalue weighted by molar-refractivity contribution is -0.137. The minimum Gasteiger partial charge on any atom is -0.350 e. The Labute approximate surface area is 172 Å². The van der Waals surface area contributed by atoms with Crippen LogP contribution in [-0.4, -0.2) is 38.1 Å². The van der Waals surface area contributed by atoms with Crippen LogP contribution in [0.15, 0.2) is 30.5 Å². The standard InChI is InChI=1S/C20H24F3N7/c1-19(2,3)29-17-25-11-15-16(28-17)30(14-7-8-24-10-14)18(27-15)26-13-6-4-5-12(9-13)20(21,22)23/h4-6,9,11,14,24H,7-8,10H2,1-3H3,(H,26,27)(H,25,28,29). The molecule has 1 atom stereocenters. The van der Waals surface area contributed by atoms with E-state index in [9.17, 15) is 13.2 Å². The van der Waals surface area contributed by atoms with E-state index in [0.717, 1.165) is 31.6 Å². The first-order valence-corrected chi connectivity index (χ1v) is 9.78. The molecule has 2 aromatic heterocycles. The molecule has 3 heterocycles. The second-order valence-electron chi connectivity index (χ2n) is 8.43. The molecule has 3 aromatic rings. The minimum absolute atomic E-state index is 0.0840. The number of anilines is 3. The lowest BCUT2D eigenvalue weighted by Gasteiger charge is -2.20. The summed E-state index contributed by atoms with van der Waals surface area (Å²) in [6.07, 6.45) is -1.91. The van der Waals surface area contributed by atoms with Gasteiger partial charge in [0.15, 0.2) is 5.65 Å². The molecule has 0 bridgehead atoms. The van der Waals surface area contributed by atoms with Gasteiger partial charge in [0.1, 0.15) is 5.52 Å². The van der Waals surface area contributed by atoms with E-state index in [0.29, 0.717) is 28.7 Å². The molecule has 30 heavy (non-hydrogen) atoms. The van der Waals surface area contributed by atoms with E-state index in [-0.39, 0.29) is 11.6 Å². The average Bonchev–Trinajstić information content (AvgIpc) is 3.27. The maximum Gasteiger partial charge on any atom is 0.416 e. The minimum atomic E-state index is -4.41. The summed E-state index contributed by atoms with van der Waals surface area (Å²) in [5.41, 5.74) is 0.602. The van der Waals surface area contributed by atoms with E-state index < -0.39 is 11.7 Å². The first kappa shape index (κ1) is 20.4. The van der Waals surface area contributed by atoms with Crippen LogP contribution in [0.2, 0.25) is 0 Å². The van der Waals surface area contributed by atoms with Crippen molar-refractivity contribution in [3.8, 4) is 0 Å². The molecular weight excluding hydrogens is 395 g/mol. The van der Waals surface area contributed by atoms with Crippen LogP contribution in [0.4, 0.5) is 30.8 Å². The Morgan fingerprint density at radius 3 is 2.63 bits per heavy atom. The highest BCUT2D eigenvalue weighted by atomic mass is 19.4. The molecule has 0 radical (unpaired) electrons. The summed E-state index contributed by atoms with van der Waals surface area (Å²) >= 11 is 0. The fraction of sp³-hybridized carbons (Fsp3) is 0.450. The molecule has 0 amide bonds. The van der Waals surface area contributed by atoms with Crippen LogP contribution in [0, 0.1) is 0 Å². The zero-order valence-electron chi connectivity index (χ0n) is 17.0. The molecule has 4 rings (SSSR count). The van der Waals surface area contributed by atoms with Crippen molar-refractivity contribution in [1.82, 2.24) is 24.8 Å². The van der Waals surface area contributed by atoms with Gasteiger partial charge in [-0.05, 0) is 51.9 Å². The van der Waals surface area contributed by atoms with Gasteiger partial charge in [0.25, 0.3) is 0 Å². The lowest BCUT2D eigenvalue weighted by Crippen LogP contribution is -2.27. The Kier molecular flexibility index (Phi) is 5.05. The summed E-state index contributed by atoms with van der Waals surface area (Å²) in [6.45, 7) is 7.62. The molecule has 10 heteroatoms. The zero-order valence-corrected chi connectivity index (χ0v) is 17.0. The second kappa shape index (κ2) is 7.42. The summed E-state index contributed by atoms with van der Waals surface area (Å²) in [4.78, 5) is 13.6. The van der Waals surface area contributed by atoms with Crippen molar-refractivity contribution >= 4 is 28.7 Å². The predicted molar refractivity (Wildman–Crippen MR) is 110 cm³/mol. The van der Waals surface area contributed by atoms with Crippen LogP contribution >= 0.6 is 0 Å². The van der Waals surface area contributed by atoms with Crippen molar-refractivity contribution in [1.29, 1.82) is 0 Å². The molecule has 160 valence electrons. The van der Waals surface area contributed by atoms with Gasteiger partial charge in [-0.1, -0.05) is 6.07 Å². The number of rotatable bonds is 4. The molecule has 0 spiro atoms. The highest BCUT2D eigenvalue weighted by molar-refractivity contribution is 5.76. The van der Waals surface area contributed by atoms with Gasteiger partial charge < -0.3 is 16.0 Å². The summed E-state index contributed by atoms with van der Waals surface area (Å²) in [6, 6.07) is 5.17. The average molecular weight is 419 g/mol. The number of hydrogen-bond donors (Lipinski definition) is 3. The molecule has 1 aliphatic rings. The number of benzene rings is 1. The molecule has 0 aliphatic carbocycles. The summed E-state index contributed by atoms with van der Waals surface area (Å²) in [5.74, 6) is 0.924. The molecule has 0 saturated carbocycles. The van der Waals surface area contributed by atoms with E-state index in [1.54, 1.807) is 12.3 Å². The molecule has 1 saturated heterocycles. The Morgan fingerprint density at radius 2 is 1.97 bits per heavy atom. The van der Waals surface area contributed by atoms with Crippen LogP contribution in [0.3, 0.4) is 0 Å². The van der Waals surface area contributed by atoms with Crippen LogP contribution in [0.5, 0.6) is 0 Å². The monoisotopic (exact) mass is 419 g/mol. The van der Waals surface area contributed by atoms with E-state index in [2.05, 4.69) is 30.9 Å². The highest BCUT2D eigenvalue weighted by Gasteiger charge is 2.31. The molecule has 7 nitrogen and oxygen atoms in total. The van der Waals surface area contributed by atoms with Crippen molar-refractivity contribution in [3.05, 3.63) is 36.0 Å². The van der Waals surface area contributed by atoms with Crippen LogP contribution in [0.25, 0.3) is 11.2 Å². The largest absolute Gasteiger partial charge is 0.416 e. The molecule has 1 aliphatic heterocycles. The topological polar surface area (TPSA) is 79.7 Å². The summed E-state index contributed by atoms with van der Waals surface area (Å²) < 4.78 is 41.2. The predicted octanol–water partition coefficient (Wildman–Crippen LogP) is 4.33. The summed E-state index contributed by atoms with van der Waals surface area (Å²) in [5, 5.41) is 9.62. The summed E-state index contributed by atoms with van der Waals surface area (Å²) in [7, 11) is 0. The van der Waals surface area contributed by atoms with Gasteiger partial charge in [-0.15, -0.1) is 0 Å². The van der Waals surface area contributed by atoms with E-state index in [1.807, 2.05) is 25.3 Å². The Bertz CT molecular complexity index is 1050. The number of nitrogens with one attached hydrogen (secondary N) is 3. The van der Waals surface area contributed by atoms with Crippen LogP contribution < -0.4 is 16.0 Å². The van der Waals surface area contributed by atoms with Crippen molar-refractivity contribution in [2.24, 2.45) is 0 Å². The van der Waals surface area contributed by atoms with Crippen molar-refractivity contribution in [2.45, 2.75) is 44.9 Å². The van der Waals surface area contributed by atoms with Crippen molar-refractivity contribution < 1.29 is 13.2 Å². The third-order valence-electron chi connectivity index (χ3n) is 4.77. The van der Waals surface area contributed by atoms with Gasteiger partial charge in [0.05, 0.1) is 17.8 Å². The third kappa shape index (κ3) is 4.33. The Hall–Kier alpha value is -2.88. The van der Waals surface area contributed by atoms with Gasteiger partial charge in [-0.3, -0.25) is 4.57 Å². The second-order valence-corrected chi connectivity index (χ2v) is 8.43. The SMILES string of the molecule is CC(C)(C)Nc1ncc2nc(Nc3cccc(C(F)(F)F)c3)n(C3CCNC3)c2n1. The fourth-order valence-electron chi connectivity index (χ4n) is 3.48. The maximum absolute atomic E-state index is 13.1. The number of alkyl halides is 3. The van der Waals surface area contributed by atoms with E-state index in [1.165, 1.54) is 6.07 Å². The Morgan fingerprint density at radius 1 is 1.17 bits per heavy atom. The van der Waals surface area contributed by atoms with Gasteiger partial charge >= 0.3 is 6.18 Å². The van der Waals surface area contributed by atoms with Gasteiger partial charge in [0.2, 0.25) is 11.9 Å². The first-order valence-electron chi connectivity index (χ1n) is 9.78. The third-order valence-corrected chi connectivity index (χ3v) is 4.77. The highest BCUT2D eigenvalue weighted by Crippen LogP contribution is 2.33. The quantitative estimate of drug-likeness (QED) is 0.584. The number of aromatic nitrogens is 4. The van der Waals surface area contributed by atoms with Crippen molar-refractivity contribution in [2.75, 3.05) is 23.7 Å². The van der Waals surface area contributed by atoms with Crippen LogP contribution in [0.1, 0.15) is 38.8 Å². The van der Waals surface area contributed by atoms with E-state index in [4.69, 9.17) is 0 Å².